The van der Waals surface area contributed by atoms with Gasteiger partial charge in [0.2, 0.25) is 0 Å². The second-order valence-corrected chi connectivity index (χ2v) is 14.8. The largest absolute Gasteiger partial charge is 0.379 e. The molecule has 0 N–H and O–H groups in total. The van der Waals surface area contributed by atoms with E-state index in [0.29, 0.717) is 24.3 Å². The lowest BCUT2D eigenvalue weighted by Crippen LogP contribution is -2.37. The molecule has 0 fully saturated rings. The van der Waals surface area contributed by atoms with E-state index in [4.69, 9.17) is 9.47 Å². The van der Waals surface area contributed by atoms with Crippen molar-refractivity contribution in [2.75, 3.05) is 46.5 Å². The Labute approximate surface area is 302 Å². The first-order chi connectivity index (χ1) is 24.1. The highest BCUT2D eigenvalue weighted by Gasteiger charge is 2.34. The molecule has 1 unspecified atom stereocenters. The summed E-state index contributed by atoms with van der Waals surface area (Å²) in [6, 6.07) is 7.13. The number of amides is 2. The Morgan fingerprint density at radius 1 is 0.571 bits per heavy atom. The minimum Gasteiger partial charge on any atom is -0.379 e. The molecule has 0 aliphatic carbocycles. The lowest BCUT2D eigenvalue weighted by atomic mass is 10.1. The second kappa shape index (κ2) is 29.9. The number of carbonyl (C=O) groups excluding carboxylic acids is 2. The first kappa shape index (κ1) is 43.4. The van der Waals surface area contributed by atoms with Crippen molar-refractivity contribution in [3.63, 3.8) is 0 Å². The zero-order chi connectivity index (χ0) is 35.2. The first-order valence-corrected chi connectivity index (χ1v) is 20.9. The summed E-state index contributed by atoms with van der Waals surface area (Å²) in [7, 11) is 2.10. The first-order valence-electron chi connectivity index (χ1n) is 20.9. The zero-order valence-electron chi connectivity index (χ0n) is 32.3. The zero-order valence-corrected chi connectivity index (χ0v) is 32.3. The SMILES string of the molecule is CCCCCCCCCCCCCCOCC(CN(C)CCCN1C(=O)c2ccccc2C1=O)OCCCCCCCCCCCCCC. The van der Waals surface area contributed by atoms with E-state index < -0.39 is 0 Å². The molecule has 0 radical (unpaired) electrons. The van der Waals surface area contributed by atoms with Crippen molar-refractivity contribution >= 4 is 11.8 Å². The van der Waals surface area contributed by atoms with Crippen LogP contribution in [-0.4, -0.2) is 74.2 Å². The molecule has 2 amide bonds. The summed E-state index contributed by atoms with van der Waals surface area (Å²) >= 11 is 0. The van der Waals surface area contributed by atoms with Crippen molar-refractivity contribution in [2.24, 2.45) is 0 Å². The van der Waals surface area contributed by atoms with E-state index in [2.05, 4.69) is 25.8 Å². The predicted molar refractivity (Wildman–Crippen MR) is 207 cm³/mol. The monoisotopic (exact) mass is 685 g/mol. The highest BCUT2D eigenvalue weighted by molar-refractivity contribution is 6.21. The van der Waals surface area contributed by atoms with Crippen LogP contribution >= 0.6 is 0 Å². The van der Waals surface area contributed by atoms with Crippen LogP contribution in [0.4, 0.5) is 0 Å². The molecule has 1 heterocycles. The maximum atomic E-state index is 12.7. The van der Waals surface area contributed by atoms with Gasteiger partial charge < -0.3 is 14.4 Å². The maximum Gasteiger partial charge on any atom is 0.261 e. The molecular formula is C43H76N2O4. The lowest BCUT2D eigenvalue weighted by molar-refractivity contribution is -0.0315. The molecule has 1 aliphatic rings. The molecule has 0 bridgehead atoms. The Hall–Kier alpha value is -1.76. The molecule has 0 aromatic heterocycles. The lowest BCUT2D eigenvalue weighted by Gasteiger charge is -2.25. The second-order valence-electron chi connectivity index (χ2n) is 14.8. The maximum absolute atomic E-state index is 12.7. The van der Waals surface area contributed by atoms with Crippen molar-refractivity contribution in [3.8, 4) is 0 Å². The van der Waals surface area contributed by atoms with Gasteiger partial charge in [-0.2, -0.15) is 0 Å². The summed E-state index contributed by atoms with van der Waals surface area (Å²) in [5, 5.41) is 0. The molecule has 1 aromatic carbocycles. The van der Waals surface area contributed by atoms with E-state index in [1.807, 2.05) is 12.1 Å². The Morgan fingerprint density at radius 2 is 0.980 bits per heavy atom. The molecule has 1 aliphatic heterocycles. The highest BCUT2D eigenvalue weighted by Crippen LogP contribution is 2.22. The van der Waals surface area contributed by atoms with E-state index in [0.717, 1.165) is 45.6 Å². The fourth-order valence-corrected chi connectivity index (χ4v) is 6.99. The number of rotatable bonds is 35. The van der Waals surface area contributed by atoms with Gasteiger partial charge in [0, 0.05) is 26.3 Å². The number of ether oxygens (including phenoxy) is 2. The van der Waals surface area contributed by atoms with Gasteiger partial charge in [-0.1, -0.05) is 167 Å². The van der Waals surface area contributed by atoms with Gasteiger partial charge in [-0.25, -0.2) is 0 Å². The molecule has 6 heteroatoms. The fraction of sp³-hybridized carbons (Fsp3) is 0.814. The summed E-state index contributed by atoms with van der Waals surface area (Å²) in [5.74, 6) is -0.337. The number of imide groups is 1. The van der Waals surface area contributed by atoms with Gasteiger partial charge in [0.25, 0.3) is 11.8 Å². The fourth-order valence-electron chi connectivity index (χ4n) is 6.99. The van der Waals surface area contributed by atoms with Gasteiger partial charge in [-0.15, -0.1) is 0 Å². The third-order valence-electron chi connectivity index (χ3n) is 10.1. The molecule has 2 rings (SSSR count). The van der Waals surface area contributed by atoms with Gasteiger partial charge in [0.05, 0.1) is 23.8 Å². The van der Waals surface area contributed by atoms with E-state index in [1.54, 1.807) is 12.1 Å². The van der Waals surface area contributed by atoms with Crippen molar-refractivity contribution in [2.45, 2.75) is 180 Å². The van der Waals surface area contributed by atoms with E-state index in [-0.39, 0.29) is 17.9 Å². The van der Waals surface area contributed by atoms with Crippen LogP contribution in [-0.2, 0) is 9.47 Å². The van der Waals surface area contributed by atoms with E-state index >= 15 is 0 Å². The van der Waals surface area contributed by atoms with E-state index in [1.165, 1.54) is 146 Å². The smallest absolute Gasteiger partial charge is 0.261 e. The minimum absolute atomic E-state index is 0.0364. The molecule has 0 saturated heterocycles. The third kappa shape index (κ3) is 20.6. The topological polar surface area (TPSA) is 59.1 Å². The quantitative estimate of drug-likeness (QED) is 0.0526. The van der Waals surface area contributed by atoms with Crippen molar-refractivity contribution in [3.05, 3.63) is 35.4 Å². The molecule has 6 nitrogen and oxygen atoms in total. The van der Waals surface area contributed by atoms with Crippen LogP contribution in [0, 0.1) is 0 Å². The van der Waals surface area contributed by atoms with Crippen LogP contribution in [0.15, 0.2) is 24.3 Å². The van der Waals surface area contributed by atoms with Crippen LogP contribution in [0.1, 0.15) is 195 Å². The van der Waals surface area contributed by atoms with Crippen LogP contribution in [0.5, 0.6) is 0 Å². The Kier molecular flexibility index (Phi) is 26.5. The number of hydrogen-bond donors (Lipinski definition) is 0. The summed E-state index contributed by atoms with van der Waals surface area (Å²) in [5.41, 5.74) is 1.05. The van der Waals surface area contributed by atoms with Crippen molar-refractivity contribution in [1.82, 2.24) is 9.80 Å². The molecular weight excluding hydrogens is 608 g/mol. The Morgan fingerprint density at radius 3 is 1.43 bits per heavy atom. The van der Waals surface area contributed by atoms with Crippen LogP contribution in [0.2, 0.25) is 0 Å². The number of hydrogen-bond acceptors (Lipinski definition) is 5. The average molecular weight is 685 g/mol. The summed E-state index contributed by atoms with van der Waals surface area (Å²) in [4.78, 5) is 29.1. The number of nitrogens with zero attached hydrogens (tertiary/aromatic N) is 2. The molecule has 282 valence electrons. The van der Waals surface area contributed by atoms with Crippen molar-refractivity contribution in [1.29, 1.82) is 0 Å². The minimum atomic E-state index is -0.168. The summed E-state index contributed by atoms with van der Waals surface area (Å²) < 4.78 is 12.5. The predicted octanol–water partition coefficient (Wildman–Crippen LogP) is 11.4. The van der Waals surface area contributed by atoms with Gasteiger partial charge in [-0.3, -0.25) is 14.5 Å². The normalized spacial score (nSPS) is 13.6. The third-order valence-corrected chi connectivity index (χ3v) is 10.1. The van der Waals surface area contributed by atoms with Gasteiger partial charge in [-0.05, 0) is 45.0 Å². The van der Waals surface area contributed by atoms with Gasteiger partial charge in [0.15, 0.2) is 0 Å². The summed E-state index contributed by atoms with van der Waals surface area (Å²) in [6.07, 6.45) is 33.1. The van der Waals surface area contributed by atoms with Crippen LogP contribution in [0.3, 0.4) is 0 Å². The number of benzene rings is 1. The van der Waals surface area contributed by atoms with Gasteiger partial charge >= 0.3 is 0 Å². The van der Waals surface area contributed by atoms with E-state index in [9.17, 15) is 9.59 Å². The number of likely N-dealkylation sites (N-methyl/N-ethyl adjacent to an activating group) is 1. The number of fused-ring (bicyclic) bond motifs is 1. The standard InChI is InChI=1S/C43H76N2O4/c1-4-6-8-10-12-14-16-18-20-22-24-28-35-48-38-39(49-36-29-25-23-21-19-17-15-13-11-9-7-5-2)37-44(3)33-30-34-45-42(46)40-31-26-27-32-41(40)43(45)47/h26-27,31-32,39H,4-25,28-30,33-38H2,1-3H3. The molecule has 1 atom stereocenters. The van der Waals surface area contributed by atoms with Crippen LogP contribution < -0.4 is 0 Å². The molecule has 0 saturated carbocycles. The molecule has 1 aromatic rings. The Balaban J connectivity index is 1.60. The Bertz CT molecular complexity index is 919. The number of unbranched alkanes of at least 4 members (excludes halogenated alkanes) is 22. The number of carbonyl (C=O) groups is 2. The van der Waals surface area contributed by atoms with Crippen LogP contribution in [0.25, 0.3) is 0 Å². The highest BCUT2D eigenvalue weighted by atomic mass is 16.5. The molecule has 0 spiro atoms. The summed E-state index contributed by atoms with van der Waals surface area (Å²) in [6.45, 7) is 8.81. The average Bonchev–Trinajstić information content (AvgIpc) is 3.35. The molecule has 49 heavy (non-hydrogen) atoms. The van der Waals surface area contributed by atoms with Gasteiger partial charge in [0.1, 0.15) is 0 Å². The van der Waals surface area contributed by atoms with Crippen molar-refractivity contribution < 1.29 is 19.1 Å².